The molecule has 0 unspecified atom stereocenters. The molecular formula is C12H36B4O4P2. The summed E-state index contributed by atoms with van der Waals surface area (Å²) in [5.41, 5.74) is 0. The lowest BCUT2D eigenvalue weighted by molar-refractivity contribution is 0.294. The Labute approximate surface area is 142 Å². The zero-order valence-electron chi connectivity index (χ0n) is 16.8. The minimum atomic E-state index is -1.64. The van der Waals surface area contributed by atoms with E-state index in [1.807, 2.05) is 20.5 Å². The van der Waals surface area contributed by atoms with Gasteiger partial charge in [0, 0.05) is 0 Å². The van der Waals surface area contributed by atoms with Crippen molar-refractivity contribution in [2.24, 2.45) is 0 Å². The second-order valence-corrected chi connectivity index (χ2v) is 13.5. The highest BCUT2D eigenvalue weighted by Gasteiger charge is 2.31. The molecule has 0 aliphatic carbocycles. The Balaban J connectivity index is -0.000000240. The highest BCUT2D eigenvalue weighted by molar-refractivity contribution is 7.61. The van der Waals surface area contributed by atoms with E-state index in [-0.39, 0.29) is 21.4 Å². The van der Waals surface area contributed by atoms with E-state index in [2.05, 4.69) is 40.5 Å². The van der Waals surface area contributed by atoms with Gasteiger partial charge >= 0.3 is 21.4 Å². The van der Waals surface area contributed by atoms with Crippen molar-refractivity contribution in [2.45, 2.75) is 40.9 Å². The lowest BCUT2D eigenvalue weighted by atomic mass is 9.58. The van der Waals surface area contributed by atoms with Gasteiger partial charge in [0.1, 0.15) is 6.71 Å². The molecule has 0 N–H and O–H groups in total. The maximum atomic E-state index is 10.2. The predicted molar refractivity (Wildman–Crippen MR) is 112 cm³/mol. The Hall–Kier alpha value is 0.800. The lowest BCUT2D eigenvalue weighted by Gasteiger charge is -2.25. The topological polar surface area (TPSA) is 44.8 Å². The molecule has 1 fully saturated rings. The van der Waals surface area contributed by atoms with Crippen molar-refractivity contribution in [1.29, 1.82) is 0 Å². The first kappa shape index (κ1) is 27.6. The molecule has 0 radical (unpaired) electrons. The zero-order chi connectivity index (χ0) is 18.5. The van der Waals surface area contributed by atoms with E-state index < -0.39 is 7.14 Å². The van der Waals surface area contributed by atoms with Crippen molar-refractivity contribution in [3.05, 3.63) is 0 Å². The Kier molecular flexibility index (Phi) is 19.3. The standard InChI is InChI=1S/C3H9B3O3.C3H9B.C3H9OP.C3H9P/c1-4-7-5(2)9-6(3)8-4;1-4(2)3;1-5(2,3)4;1-4(2)3/h1-3H3;1-3H3;1-3H3;1-3H3. The molecule has 0 atom stereocenters. The molecule has 0 spiro atoms. The summed E-state index contributed by atoms with van der Waals surface area (Å²) < 4.78 is 25.6. The van der Waals surface area contributed by atoms with Crippen LogP contribution in [-0.2, 0) is 18.3 Å². The summed E-state index contributed by atoms with van der Waals surface area (Å²) in [6, 6.07) is 0. The van der Waals surface area contributed by atoms with Crippen LogP contribution in [0.5, 0.6) is 0 Å². The quantitative estimate of drug-likeness (QED) is 0.481. The minimum absolute atomic E-state index is 0.135. The molecule has 0 aromatic rings. The summed E-state index contributed by atoms with van der Waals surface area (Å²) in [7, 11) is -1.67. The van der Waals surface area contributed by atoms with Crippen LogP contribution in [0.15, 0.2) is 0 Å². The third-order valence-electron chi connectivity index (χ3n) is 1.15. The SMILES string of the molecule is CB(C)C.CB1OB(C)OB(C)O1.CP(C)(C)=O.CP(C)C. The van der Waals surface area contributed by atoms with Crippen molar-refractivity contribution in [3.63, 3.8) is 0 Å². The molecule has 4 nitrogen and oxygen atoms in total. The van der Waals surface area contributed by atoms with Gasteiger partial charge in [-0.25, -0.2) is 0 Å². The third-order valence-corrected chi connectivity index (χ3v) is 1.15. The Morgan fingerprint density at radius 2 is 0.864 bits per heavy atom. The van der Waals surface area contributed by atoms with Crippen molar-refractivity contribution in [1.82, 2.24) is 0 Å². The van der Waals surface area contributed by atoms with Crippen molar-refractivity contribution >= 4 is 43.1 Å². The van der Waals surface area contributed by atoms with E-state index in [4.69, 9.17) is 13.7 Å². The van der Waals surface area contributed by atoms with Crippen LogP contribution >= 0.6 is 15.1 Å². The van der Waals surface area contributed by atoms with E-state index >= 15 is 0 Å². The molecule has 0 amide bonds. The molecule has 1 aliphatic rings. The lowest BCUT2D eigenvalue weighted by Crippen LogP contribution is -2.44. The second kappa shape index (κ2) is 15.3. The van der Waals surface area contributed by atoms with Crippen LogP contribution < -0.4 is 0 Å². The van der Waals surface area contributed by atoms with Gasteiger partial charge in [-0.05, 0) is 60.5 Å². The van der Waals surface area contributed by atoms with Crippen LogP contribution in [-0.4, -0.2) is 68.1 Å². The van der Waals surface area contributed by atoms with Gasteiger partial charge in [-0.1, -0.05) is 20.5 Å². The van der Waals surface area contributed by atoms with Gasteiger partial charge in [0.2, 0.25) is 0 Å². The summed E-state index contributed by atoms with van der Waals surface area (Å²) in [4.78, 5) is 0. The molecule has 0 aromatic heterocycles. The van der Waals surface area contributed by atoms with E-state index in [1.165, 1.54) is 0 Å². The number of hydrogen-bond donors (Lipinski definition) is 0. The van der Waals surface area contributed by atoms with E-state index in [9.17, 15) is 4.57 Å². The first-order valence-corrected chi connectivity index (χ1v) is 13.5. The van der Waals surface area contributed by atoms with Gasteiger partial charge in [-0.15, -0.1) is 7.92 Å². The molecule has 10 heteroatoms. The molecule has 22 heavy (non-hydrogen) atoms. The van der Waals surface area contributed by atoms with E-state index in [0.29, 0.717) is 7.92 Å². The first-order chi connectivity index (χ1) is 9.65. The highest BCUT2D eigenvalue weighted by Crippen LogP contribution is 2.28. The van der Waals surface area contributed by atoms with Crippen molar-refractivity contribution < 1.29 is 18.3 Å². The highest BCUT2D eigenvalue weighted by atomic mass is 31.2. The second-order valence-electron chi connectivity index (χ2n) is 7.07. The van der Waals surface area contributed by atoms with Gasteiger partial charge in [-0.3, -0.25) is 0 Å². The fourth-order valence-corrected chi connectivity index (χ4v) is 0.906. The van der Waals surface area contributed by atoms with Crippen LogP contribution in [0.1, 0.15) is 0 Å². The molecule has 1 saturated heterocycles. The summed E-state index contributed by atoms with van der Waals surface area (Å²) in [6.07, 6.45) is 0. The molecule has 130 valence electrons. The van der Waals surface area contributed by atoms with E-state index in [1.54, 1.807) is 20.0 Å². The van der Waals surface area contributed by atoms with E-state index in [0.717, 1.165) is 6.71 Å². The fourth-order valence-electron chi connectivity index (χ4n) is 0.906. The monoisotopic (exact) mass is 350 g/mol. The third kappa shape index (κ3) is 49.8. The van der Waals surface area contributed by atoms with Crippen LogP contribution in [0.2, 0.25) is 40.9 Å². The van der Waals surface area contributed by atoms with Gasteiger partial charge in [0.25, 0.3) is 0 Å². The fraction of sp³-hybridized carbons (Fsp3) is 1.00. The zero-order valence-corrected chi connectivity index (χ0v) is 18.6. The van der Waals surface area contributed by atoms with Gasteiger partial charge in [0.15, 0.2) is 0 Å². The first-order valence-electron chi connectivity index (χ1n) is 7.74. The molecule has 0 bridgehead atoms. The Morgan fingerprint density at radius 1 is 0.773 bits per heavy atom. The minimum Gasteiger partial charge on any atom is -0.453 e. The number of hydrogen-bond acceptors (Lipinski definition) is 4. The van der Waals surface area contributed by atoms with Gasteiger partial charge < -0.3 is 18.3 Å². The molecule has 0 saturated carbocycles. The summed E-state index contributed by atoms with van der Waals surface area (Å²) >= 11 is 0. The average Bonchev–Trinajstić information content (AvgIpc) is 2.08. The van der Waals surface area contributed by atoms with Gasteiger partial charge in [-0.2, -0.15) is 0 Å². The van der Waals surface area contributed by atoms with Gasteiger partial charge in [0.05, 0.1) is 7.14 Å². The summed E-state index contributed by atoms with van der Waals surface area (Å²) in [5.74, 6) is 0. The van der Waals surface area contributed by atoms with Crippen LogP contribution in [0.25, 0.3) is 0 Å². The molecule has 1 aliphatic heterocycles. The Bertz CT molecular complexity index is 246. The molecule has 1 rings (SSSR count). The summed E-state index contributed by atoms with van der Waals surface area (Å²) in [5, 5.41) is 0. The van der Waals surface area contributed by atoms with Crippen molar-refractivity contribution in [3.8, 4) is 0 Å². The predicted octanol–water partition coefficient (Wildman–Crippen LogP) is 4.37. The van der Waals surface area contributed by atoms with Crippen LogP contribution in [0.4, 0.5) is 0 Å². The largest absolute Gasteiger partial charge is 0.453 e. The van der Waals surface area contributed by atoms with Crippen LogP contribution in [0, 0.1) is 0 Å². The van der Waals surface area contributed by atoms with Crippen molar-refractivity contribution in [2.75, 3.05) is 40.0 Å². The summed E-state index contributed by atoms with van der Waals surface area (Å²) in [6.45, 7) is 24.8. The molecule has 1 heterocycles. The normalized spacial score (nSPS) is 14.1. The molecular weight excluding hydrogens is 313 g/mol. The smallest absolute Gasteiger partial charge is 0.426 e. The maximum absolute atomic E-state index is 10.2. The maximum Gasteiger partial charge on any atom is 0.426 e. The Morgan fingerprint density at radius 3 is 0.955 bits per heavy atom. The van der Waals surface area contributed by atoms with Crippen LogP contribution in [0.3, 0.4) is 0 Å². The average molecular weight is 350 g/mol. The molecule has 0 aromatic carbocycles. The number of rotatable bonds is 0.